The minimum Gasteiger partial charge on any atom is -0.481 e. The van der Waals surface area contributed by atoms with Crippen LogP contribution in [0.1, 0.15) is 19.8 Å². The summed E-state index contributed by atoms with van der Waals surface area (Å²) in [5.74, 6) is -1.76. The molecule has 0 radical (unpaired) electrons. The highest BCUT2D eigenvalue weighted by Crippen LogP contribution is 2.16. The molecule has 16 heavy (non-hydrogen) atoms. The van der Waals surface area contributed by atoms with Crippen LogP contribution >= 0.6 is 0 Å². The number of hydrogen-bond donors (Lipinski definition) is 2. The van der Waals surface area contributed by atoms with Crippen LogP contribution in [-0.2, 0) is 14.4 Å². The Balaban J connectivity index is 2.30. The van der Waals surface area contributed by atoms with Gasteiger partial charge in [-0.3, -0.25) is 14.4 Å². The van der Waals surface area contributed by atoms with E-state index in [9.17, 15) is 14.4 Å². The Morgan fingerprint density at radius 3 is 2.75 bits per heavy atom. The van der Waals surface area contributed by atoms with Gasteiger partial charge in [-0.25, -0.2) is 0 Å². The van der Waals surface area contributed by atoms with Gasteiger partial charge in [-0.1, -0.05) is 6.92 Å². The lowest BCUT2D eigenvalue weighted by atomic mass is 10.1. The Hall–Kier alpha value is -1.59. The smallest absolute Gasteiger partial charge is 0.308 e. The fourth-order valence-corrected chi connectivity index (χ4v) is 1.61. The summed E-state index contributed by atoms with van der Waals surface area (Å²) in [7, 11) is 0. The van der Waals surface area contributed by atoms with Crippen molar-refractivity contribution in [2.24, 2.45) is 5.92 Å². The van der Waals surface area contributed by atoms with Crippen LogP contribution in [0.5, 0.6) is 0 Å². The number of amides is 2. The molecular formula is C10H16N2O4. The first-order chi connectivity index (χ1) is 7.54. The topological polar surface area (TPSA) is 86.7 Å². The van der Waals surface area contributed by atoms with E-state index in [2.05, 4.69) is 5.32 Å². The molecule has 1 atom stereocenters. The van der Waals surface area contributed by atoms with Gasteiger partial charge in [-0.15, -0.1) is 0 Å². The van der Waals surface area contributed by atoms with Gasteiger partial charge in [0.15, 0.2) is 0 Å². The third-order valence-electron chi connectivity index (χ3n) is 2.59. The monoisotopic (exact) mass is 228 g/mol. The normalized spacial score (nSPS) is 19.9. The molecule has 1 saturated heterocycles. The van der Waals surface area contributed by atoms with E-state index in [0.717, 1.165) is 0 Å². The van der Waals surface area contributed by atoms with E-state index in [-0.39, 0.29) is 24.8 Å². The molecule has 6 heteroatoms. The Labute approximate surface area is 93.6 Å². The molecule has 0 aromatic carbocycles. The molecule has 2 N–H and O–H groups in total. The van der Waals surface area contributed by atoms with Crippen LogP contribution in [0.4, 0.5) is 0 Å². The highest BCUT2D eigenvalue weighted by atomic mass is 16.4. The molecule has 0 aliphatic carbocycles. The van der Waals surface area contributed by atoms with Gasteiger partial charge < -0.3 is 15.3 Å². The number of carbonyl (C=O) groups excluding carboxylic acids is 2. The SMILES string of the molecule is CCC(=O)NCCN1CC(C(=O)O)CC1=O. The van der Waals surface area contributed by atoms with Gasteiger partial charge in [-0.05, 0) is 0 Å². The lowest BCUT2D eigenvalue weighted by Crippen LogP contribution is -2.35. The first-order valence-electron chi connectivity index (χ1n) is 5.31. The highest BCUT2D eigenvalue weighted by molar-refractivity contribution is 5.86. The van der Waals surface area contributed by atoms with Crippen molar-refractivity contribution < 1.29 is 19.5 Å². The standard InChI is InChI=1S/C10H16N2O4/c1-2-8(13)11-3-4-12-6-7(10(15)16)5-9(12)14/h7H,2-6H2,1H3,(H,11,13)(H,15,16). The zero-order chi connectivity index (χ0) is 12.1. The van der Waals surface area contributed by atoms with Crippen molar-refractivity contribution in [3.63, 3.8) is 0 Å². The molecule has 1 heterocycles. The van der Waals surface area contributed by atoms with Crippen molar-refractivity contribution in [2.75, 3.05) is 19.6 Å². The summed E-state index contributed by atoms with van der Waals surface area (Å²) in [4.78, 5) is 34.5. The van der Waals surface area contributed by atoms with Crippen LogP contribution in [0.25, 0.3) is 0 Å². The summed E-state index contributed by atoms with van der Waals surface area (Å²) in [6.45, 7) is 2.76. The fraction of sp³-hybridized carbons (Fsp3) is 0.700. The van der Waals surface area contributed by atoms with Gasteiger partial charge in [0.25, 0.3) is 0 Å². The number of nitrogens with one attached hydrogen (secondary N) is 1. The summed E-state index contributed by atoms with van der Waals surface area (Å²) in [5, 5.41) is 11.4. The first kappa shape index (κ1) is 12.5. The third-order valence-corrected chi connectivity index (χ3v) is 2.59. The maximum Gasteiger partial charge on any atom is 0.308 e. The van der Waals surface area contributed by atoms with Crippen LogP contribution in [0.3, 0.4) is 0 Å². The molecule has 0 saturated carbocycles. The average Bonchev–Trinajstić information content (AvgIpc) is 2.60. The predicted molar refractivity (Wildman–Crippen MR) is 55.6 cm³/mol. The number of carbonyl (C=O) groups is 3. The number of carboxylic acids is 1. The lowest BCUT2D eigenvalue weighted by molar-refractivity contribution is -0.141. The second-order valence-corrected chi connectivity index (χ2v) is 3.78. The van der Waals surface area contributed by atoms with E-state index >= 15 is 0 Å². The fourth-order valence-electron chi connectivity index (χ4n) is 1.61. The average molecular weight is 228 g/mol. The van der Waals surface area contributed by atoms with Crippen molar-refractivity contribution in [1.82, 2.24) is 10.2 Å². The van der Waals surface area contributed by atoms with Gasteiger partial charge in [0.05, 0.1) is 5.92 Å². The van der Waals surface area contributed by atoms with E-state index in [1.165, 1.54) is 4.90 Å². The molecule has 0 bridgehead atoms. The van der Waals surface area contributed by atoms with E-state index in [4.69, 9.17) is 5.11 Å². The van der Waals surface area contributed by atoms with E-state index in [0.29, 0.717) is 19.5 Å². The first-order valence-corrected chi connectivity index (χ1v) is 5.31. The lowest BCUT2D eigenvalue weighted by Gasteiger charge is -2.15. The van der Waals surface area contributed by atoms with Crippen LogP contribution in [0, 0.1) is 5.92 Å². The molecule has 1 fully saturated rings. The van der Waals surface area contributed by atoms with E-state index in [1.54, 1.807) is 6.92 Å². The van der Waals surface area contributed by atoms with Gasteiger partial charge in [0.2, 0.25) is 11.8 Å². The van der Waals surface area contributed by atoms with Gasteiger partial charge >= 0.3 is 5.97 Å². The number of carboxylic acid groups (broad SMARTS) is 1. The zero-order valence-corrected chi connectivity index (χ0v) is 9.23. The molecule has 6 nitrogen and oxygen atoms in total. The molecule has 90 valence electrons. The summed E-state index contributed by atoms with van der Waals surface area (Å²) < 4.78 is 0. The Morgan fingerprint density at radius 2 is 2.25 bits per heavy atom. The van der Waals surface area contributed by atoms with Crippen molar-refractivity contribution in [3.05, 3.63) is 0 Å². The van der Waals surface area contributed by atoms with Crippen LogP contribution < -0.4 is 5.32 Å². The molecule has 1 rings (SSSR count). The molecule has 1 aliphatic heterocycles. The maximum absolute atomic E-state index is 11.4. The van der Waals surface area contributed by atoms with Crippen molar-refractivity contribution in [2.45, 2.75) is 19.8 Å². The van der Waals surface area contributed by atoms with Gasteiger partial charge in [0.1, 0.15) is 0 Å². The van der Waals surface area contributed by atoms with Crippen LogP contribution in [0.15, 0.2) is 0 Å². The van der Waals surface area contributed by atoms with Crippen LogP contribution in [0.2, 0.25) is 0 Å². The molecule has 0 spiro atoms. The highest BCUT2D eigenvalue weighted by Gasteiger charge is 2.33. The van der Waals surface area contributed by atoms with Crippen molar-refractivity contribution in [3.8, 4) is 0 Å². The molecular weight excluding hydrogens is 212 g/mol. The molecule has 0 aromatic heterocycles. The third kappa shape index (κ3) is 3.22. The summed E-state index contributed by atoms with van der Waals surface area (Å²) >= 11 is 0. The Bertz CT molecular complexity index is 303. The van der Waals surface area contributed by atoms with Gasteiger partial charge in [0, 0.05) is 32.5 Å². The Morgan fingerprint density at radius 1 is 1.56 bits per heavy atom. The Kier molecular flexibility index (Phi) is 4.28. The quantitative estimate of drug-likeness (QED) is 0.660. The van der Waals surface area contributed by atoms with E-state index < -0.39 is 11.9 Å². The number of likely N-dealkylation sites (tertiary alicyclic amines) is 1. The summed E-state index contributed by atoms with van der Waals surface area (Å²) in [5.41, 5.74) is 0. The minimum atomic E-state index is -0.937. The maximum atomic E-state index is 11.4. The predicted octanol–water partition coefficient (Wildman–Crippen LogP) is -0.554. The molecule has 2 amide bonds. The van der Waals surface area contributed by atoms with Gasteiger partial charge in [-0.2, -0.15) is 0 Å². The number of rotatable bonds is 5. The van der Waals surface area contributed by atoms with Crippen molar-refractivity contribution in [1.29, 1.82) is 0 Å². The van der Waals surface area contributed by atoms with Crippen LogP contribution in [-0.4, -0.2) is 47.4 Å². The minimum absolute atomic E-state index is 0.0665. The second kappa shape index (κ2) is 5.48. The number of hydrogen-bond acceptors (Lipinski definition) is 3. The summed E-state index contributed by atoms with van der Waals surface area (Å²) in [6, 6.07) is 0. The molecule has 0 aromatic rings. The second-order valence-electron chi connectivity index (χ2n) is 3.78. The van der Waals surface area contributed by atoms with Crippen molar-refractivity contribution >= 4 is 17.8 Å². The summed E-state index contributed by atoms with van der Waals surface area (Å²) in [6.07, 6.45) is 0.475. The number of aliphatic carboxylic acids is 1. The zero-order valence-electron chi connectivity index (χ0n) is 9.23. The molecule has 1 aliphatic rings. The van der Waals surface area contributed by atoms with E-state index in [1.807, 2.05) is 0 Å². The number of nitrogens with zero attached hydrogens (tertiary/aromatic N) is 1. The molecule has 1 unspecified atom stereocenters. The largest absolute Gasteiger partial charge is 0.481 e.